The van der Waals surface area contributed by atoms with Crippen LogP contribution in [0.4, 0.5) is 5.00 Å². The number of nitro groups is 1. The Labute approximate surface area is 91.6 Å². The van der Waals surface area contributed by atoms with E-state index in [-0.39, 0.29) is 16.0 Å². The second kappa shape index (κ2) is 4.26. The van der Waals surface area contributed by atoms with Crippen molar-refractivity contribution in [2.24, 2.45) is 5.73 Å². The maximum atomic E-state index is 10.5. The molecule has 0 bridgehead atoms. The Hall–Kier alpha value is -0.980. The van der Waals surface area contributed by atoms with Gasteiger partial charge in [-0.2, -0.15) is 0 Å². The number of hydrogen-bond acceptors (Lipinski definition) is 5. The molecule has 2 N–H and O–H groups in total. The van der Waals surface area contributed by atoms with E-state index in [4.69, 9.17) is 5.73 Å². The molecule has 0 amide bonds. The highest BCUT2D eigenvalue weighted by Crippen LogP contribution is 2.24. The molecule has 2 rings (SSSR count). The molecule has 1 aliphatic rings. The summed E-state index contributed by atoms with van der Waals surface area (Å²) in [5.74, 6) is 0. The lowest BCUT2D eigenvalue weighted by molar-refractivity contribution is -0.380. The molecule has 0 radical (unpaired) electrons. The lowest BCUT2D eigenvalue weighted by atomic mass is 10.3. The standard InChI is InChI=1S/C9H13N3O2S/c10-8-1-2-11(5-8)4-7-3-9(12(13)14)15-6-7/h3,6,8H,1-2,4-5,10H2/t8-/m1/s1. The molecule has 5 nitrogen and oxygen atoms in total. The van der Waals surface area contributed by atoms with Crippen LogP contribution in [0.1, 0.15) is 12.0 Å². The average molecular weight is 227 g/mol. The van der Waals surface area contributed by atoms with Gasteiger partial charge in [0.15, 0.2) is 0 Å². The third-order valence-electron chi connectivity index (χ3n) is 2.53. The van der Waals surface area contributed by atoms with Crippen molar-refractivity contribution in [3.8, 4) is 0 Å². The second-order valence-corrected chi connectivity index (χ2v) is 4.72. The van der Waals surface area contributed by atoms with Gasteiger partial charge in [0.2, 0.25) is 0 Å². The lowest BCUT2D eigenvalue weighted by Gasteiger charge is -2.13. The zero-order valence-corrected chi connectivity index (χ0v) is 9.07. The minimum atomic E-state index is -0.343. The molecular formula is C9H13N3O2S. The Balaban J connectivity index is 1.96. The van der Waals surface area contributed by atoms with Gasteiger partial charge in [-0.05, 0) is 12.0 Å². The molecule has 2 heterocycles. The van der Waals surface area contributed by atoms with E-state index in [1.807, 2.05) is 5.38 Å². The summed E-state index contributed by atoms with van der Waals surface area (Å²) in [6.07, 6.45) is 1.02. The Kier molecular flexibility index (Phi) is 2.99. The summed E-state index contributed by atoms with van der Waals surface area (Å²) in [5.41, 5.74) is 6.80. The van der Waals surface area contributed by atoms with Crippen LogP contribution in [0.5, 0.6) is 0 Å². The first-order chi connectivity index (χ1) is 7.15. The first-order valence-electron chi connectivity index (χ1n) is 4.85. The third kappa shape index (κ3) is 2.53. The molecule has 0 saturated carbocycles. The third-order valence-corrected chi connectivity index (χ3v) is 3.46. The normalized spacial score (nSPS) is 22.1. The van der Waals surface area contributed by atoms with Crippen molar-refractivity contribution in [1.29, 1.82) is 0 Å². The van der Waals surface area contributed by atoms with Gasteiger partial charge in [0, 0.05) is 37.1 Å². The minimum Gasteiger partial charge on any atom is -0.326 e. The SMILES string of the molecule is N[C@@H]1CCN(Cc2csc([N+](=O)[O-])c2)C1. The molecule has 82 valence electrons. The average Bonchev–Trinajstić information content (AvgIpc) is 2.76. The molecule has 15 heavy (non-hydrogen) atoms. The Morgan fingerprint density at radius 2 is 2.53 bits per heavy atom. The molecule has 1 atom stereocenters. The summed E-state index contributed by atoms with van der Waals surface area (Å²) in [6.45, 7) is 2.66. The summed E-state index contributed by atoms with van der Waals surface area (Å²) in [5, 5.41) is 12.6. The van der Waals surface area contributed by atoms with E-state index in [0.29, 0.717) is 0 Å². The number of hydrogen-bond donors (Lipinski definition) is 1. The van der Waals surface area contributed by atoms with Gasteiger partial charge < -0.3 is 5.73 Å². The van der Waals surface area contributed by atoms with Gasteiger partial charge >= 0.3 is 5.00 Å². The zero-order valence-electron chi connectivity index (χ0n) is 8.26. The van der Waals surface area contributed by atoms with Gasteiger partial charge in [-0.3, -0.25) is 15.0 Å². The fourth-order valence-electron chi connectivity index (χ4n) is 1.81. The predicted molar refractivity (Wildman–Crippen MR) is 58.8 cm³/mol. The first kappa shape index (κ1) is 10.5. The van der Waals surface area contributed by atoms with Crippen LogP contribution in [0.3, 0.4) is 0 Å². The van der Waals surface area contributed by atoms with E-state index < -0.39 is 0 Å². The minimum absolute atomic E-state index is 0.216. The Bertz CT molecular complexity index is 366. The van der Waals surface area contributed by atoms with Gasteiger partial charge in [-0.1, -0.05) is 11.3 Å². The van der Waals surface area contributed by atoms with Crippen LogP contribution >= 0.6 is 11.3 Å². The number of thiophene rings is 1. The largest absolute Gasteiger partial charge is 0.326 e. The highest BCUT2D eigenvalue weighted by molar-refractivity contribution is 7.13. The van der Waals surface area contributed by atoms with E-state index in [1.54, 1.807) is 6.07 Å². The van der Waals surface area contributed by atoms with Gasteiger partial charge in [0.25, 0.3) is 0 Å². The van der Waals surface area contributed by atoms with E-state index in [0.717, 1.165) is 31.6 Å². The van der Waals surface area contributed by atoms with Crippen molar-refractivity contribution in [2.75, 3.05) is 13.1 Å². The van der Waals surface area contributed by atoms with Crippen molar-refractivity contribution < 1.29 is 4.92 Å². The summed E-state index contributed by atoms with van der Waals surface area (Å²) in [6, 6.07) is 1.91. The van der Waals surface area contributed by atoms with Gasteiger partial charge in [-0.15, -0.1) is 0 Å². The molecule has 1 aromatic heterocycles. The molecule has 1 aliphatic heterocycles. The topological polar surface area (TPSA) is 72.4 Å². The molecule has 1 aromatic rings. The van der Waals surface area contributed by atoms with Crippen molar-refractivity contribution >= 4 is 16.3 Å². The summed E-state index contributed by atoms with van der Waals surface area (Å²) >= 11 is 1.18. The number of rotatable bonds is 3. The van der Waals surface area contributed by atoms with E-state index >= 15 is 0 Å². The molecule has 6 heteroatoms. The summed E-state index contributed by atoms with van der Waals surface area (Å²) < 4.78 is 0. The number of likely N-dealkylation sites (tertiary alicyclic amines) is 1. The summed E-state index contributed by atoms with van der Waals surface area (Å²) in [7, 11) is 0. The molecule has 0 aliphatic carbocycles. The fraction of sp³-hybridized carbons (Fsp3) is 0.556. The maximum Gasteiger partial charge on any atom is 0.324 e. The highest BCUT2D eigenvalue weighted by Gasteiger charge is 2.20. The van der Waals surface area contributed by atoms with Crippen molar-refractivity contribution in [1.82, 2.24) is 4.90 Å². The number of nitrogens with zero attached hydrogens (tertiary/aromatic N) is 2. The van der Waals surface area contributed by atoms with Crippen molar-refractivity contribution in [3.63, 3.8) is 0 Å². The van der Waals surface area contributed by atoms with Gasteiger partial charge in [0.05, 0.1) is 4.92 Å². The van der Waals surface area contributed by atoms with E-state index in [9.17, 15) is 10.1 Å². The number of nitrogens with two attached hydrogens (primary N) is 1. The maximum absolute atomic E-state index is 10.5. The Morgan fingerprint density at radius 1 is 1.73 bits per heavy atom. The van der Waals surface area contributed by atoms with Crippen molar-refractivity contribution in [2.45, 2.75) is 19.0 Å². The smallest absolute Gasteiger partial charge is 0.324 e. The molecule has 0 unspecified atom stereocenters. The van der Waals surface area contributed by atoms with Gasteiger partial charge in [-0.25, -0.2) is 0 Å². The lowest BCUT2D eigenvalue weighted by Crippen LogP contribution is -2.26. The molecule has 1 saturated heterocycles. The van der Waals surface area contributed by atoms with Crippen LogP contribution in [-0.4, -0.2) is 29.0 Å². The second-order valence-electron chi connectivity index (χ2n) is 3.83. The van der Waals surface area contributed by atoms with Crippen LogP contribution in [-0.2, 0) is 6.54 Å². The monoisotopic (exact) mass is 227 g/mol. The van der Waals surface area contributed by atoms with Crippen LogP contribution in [0, 0.1) is 10.1 Å². The quantitative estimate of drug-likeness (QED) is 0.622. The van der Waals surface area contributed by atoms with Crippen LogP contribution < -0.4 is 5.73 Å². The van der Waals surface area contributed by atoms with Gasteiger partial charge in [0.1, 0.15) is 0 Å². The van der Waals surface area contributed by atoms with E-state index in [1.165, 1.54) is 11.3 Å². The molecule has 0 spiro atoms. The molecule has 0 aromatic carbocycles. The zero-order chi connectivity index (χ0) is 10.8. The Morgan fingerprint density at radius 3 is 3.07 bits per heavy atom. The first-order valence-corrected chi connectivity index (χ1v) is 5.73. The van der Waals surface area contributed by atoms with Crippen LogP contribution in [0.25, 0.3) is 0 Å². The van der Waals surface area contributed by atoms with Crippen molar-refractivity contribution in [3.05, 3.63) is 27.1 Å². The van der Waals surface area contributed by atoms with Crippen LogP contribution in [0.15, 0.2) is 11.4 Å². The highest BCUT2D eigenvalue weighted by atomic mass is 32.1. The molecular weight excluding hydrogens is 214 g/mol. The predicted octanol–water partition coefficient (Wildman–Crippen LogP) is 1.19. The van der Waals surface area contributed by atoms with E-state index in [2.05, 4.69) is 4.90 Å². The van der Waals surface area contributed by atoms with Crippen LogP contribution in [0.2, 0.25) is 0 Å². The summed E-state index contributed by atoms with van der Waals surface area (Å²) in [4.78, 5) is 12.4. The fourth-order valence-corrected chi connectivity index (χ4v) is 2.53. The molecule has 1 fully saturated rings.